The zero-order chi connectivity index (χ0) is 19.8. The molecule has 1 fully saturated rings. The molecule has 144 valence electrons. The average molecular weight is 409 g/mol. The van der Waals surface area contributed by atoms with E-state index in [4.69, 9.17) is 22.1 Å². The van der Waals surface area contributed by atoms with Crippen LogP contribution in [0.25, 0.3) is 6.08 Å². The molecule has 0 spiro atoms. The highest BCUT2D eigenvalue weighted by Gasteiger charge is 2.32. The number of carboxylic acids is 1. The number of methoxy groups -OCH3 is 1. The third-order valence-electron chi connectivity index (χ3n) is 3.75. The van der Waals surface area contributed by atoms with E-state index in [0.29, 0.717) is 21.4 Å². The number of thiocarbonyl (C=S) groups is 1. The molecule has 1 heterocycles. The van der Waals surface area contributed by atoms with E-state index in [1.54, 1.807) is 19.3 Å². The minimum atomic E-state index is -0.899. The lowest BCUT2D eigenvalue weighted by Crippen LogP contribution is -2.33. The number of carbonyl (C=O) groups is 3. The van der Waals surface area contributed by atoms with Gasteiger partial charge in [0, 0.05) is 31.5 Å². The first-order valence-electron chi connectivity index (χ1n) is 8.29. The molecule has 2 amide bonds. The van der Waals surface area contributed by atoms with Crippen molar-refractivity contribution in [3.05, 3.63) is 34.7 Å². The molecule has 2 N–H and O–H groups in total. The molecule has 1 aromatic rings. The van der Waals surface area contributed by atoms with Crippen LogP contribution in [0, 0.1) is 0 Å². The summed E-state index contributed by atoms with van der Waals surface area (Å²) in [6.07, 6.45) is 2.19. The van der Waals surface area contributed by atoms with Crippen molar-refractivity contribution in [2.45, 2.75) is 19.3 Å². The van der Waals surface area contributed by atoms with Gasteiger partial charge in [-0.15, -0.1) is 0 Å². The number of benzene rings is 1. The van der Waals surface area contributed by atoms with Gasteiger partial charge in [0.15, 0.2) is 0 Å². The Balaban J connectivity index is 1.91. The minimum absolute atomic E-state index is 0.00270. The van der Waals surface area contributed by atoms with Gasteiger partial charge in [-0.25, -0.2) is 0 Å². The SMILES string of the molecule is COc1ccccc1/C=C1\SC(=S)N(CCC(=O)NCCCC(=O)O)C1=O. The first-order chi connectivity index (χ1) is 12.9. The van der Waals surface area contributed by atoms with E-state index in [1.807, 2.05) is 18.2 Å². The van der Waals surface area contributed by atoms with Crippen molar-refractivity contribution in [2.75, 3.05) is 20.2 Å². The quantitative estimate of drug-likeness (QED) is 0.368. The second-order valence-electron chi connectivity index (χ2n) is 5.67. The maximum Gasteiger partial charge on any atom is 0.303 e. The van der Waals surface area contributed by atoms with Crippen molar-refractivity contribution in [1.29, 1.82) is 0 Å². The number of aliphatic carboxylic acids is 1. The van der Waals surface area contributed by atoms with Gasteiger partial charge in [-0.05, 0) is 18.6 Å². The van der Waals surface area contributed by atoms with Crippen molar-refractivity contribution in [2.24, 2.45) is 0 Å². The van der Waals surface area contributed by atoms with Crippen molar-refractivity contribution < 1.29 is 24.2 Å². The Labute approximate surface area is 166 Å². The largest absolute Gasteiger partial charge is 0.496 e. The van der Waals surface area contributed by atoms with Crippen LogP contribution in [0.15, 0.2) is 29.2 Å². The first-order valence-corrected chi connectivity index (χ1v) is 9.51. The molecule has 9 heteroatoms. The average Bonchev–Trinajstić information content (AvgIpc) is 2.90. The number of rotatable bonds is 9. The molecule has 1 aromatic carbocycles. The minimum Gasteiger partial charge on any atom is -0.496 e. The monoisotopic (exact) mass is 408 g/mol. The second kappa shape index (κ2) is 10.1. The smallest absolute Gasteiger partial charge is 0.303 e. The summed E-state index contributed by atoms with van der Waals surface area (Å²) < 4.78 is 5.69. The zero-order valence-corrected chi connectivity index (χ0v) is 16.4. The van der Waals surface area contributed by atoms with Crippen LogP contribution >= 0.6 is 24.0 Å². The molecule has 1 aliphatic heterocycles. The van der Waals surface area contributed by atoms with Gasteiger partial charge in [0.25, 0.3) is 5.91 Å². The Bertz CT molecular complexity index is 779. The molecule has 1 aliphatic rings. The summed E-state index contributed by atoms with van der Waals surface area (Å²) >= 11 is 6.45. The number of hydrogen-bond donors (Lipinski definition) is 2. The van der Waals surface area contributed by atoms with Crippen LogP contribution in [0.4, 0.5) is 0 Å². The molecule has 0 unspecified atom stereocenters. The van der Waals surface area contributed by atoms with Crippen molar-refractivity contribution in [3.63, 3.8) is 0 Å². The van der Waals surface area contributed by atoms with Crippen LogP contribution in [-0.4, -0.2) is 52.3 Å². The number of para-hydroxylation sites is 1. The summed E-state index contributed by atoms with van der Waals surface area (Å²) in [4.78, 5) is 36.7. The highest BCUT2D eigenvalue weighted by Crippen LogP contribution is 2.34. The number of nitrogens with zero attached hydrogens (tertiary/aromatic N) is 1. The fraction of sp³-hybridized carbons (Fsp3) is 0.333. The van der Waals surface area contributed by atoms with Gasteiger partial charge in [-0.2, -0.15) is 0 Å². The fourth-order valence-corrected chi connectivity index (χ4v) is 3.69. The highest BCUT2D eigenvalue weighted by atomic mass is 32.2. The van der Waals surface area contributed by atoms with E-state index >= 15 is 0 Å². The molecule has 7 nitrogen and oxygen atoms in total. The van der Waals surface area contributed by atoms with Crippen LogP contribution in [0.3, 0.4) is 0 Å². The summed E-state index contributed by atoms with van der Waals surface area (Å²) in [7, 11) is 1.56. The van der Waals surface area contributed by atoms with E-state index in [2.05, 4.69) is 5.32 Å². The summed E-state index contributed by atoms with van der Waals surface area (Å²) in [5.74, 6) is -0.732. The number of ether oxygens (including phenoxy) is 1. The maximum absolute atomic E-state index is 12.6. The summed E-state index contributed by atoms with van der Waals surface area (Å²) in [6, 6.07) is 7.34. The first kappa shape index (κ1) is 20.9. The van der Waals surface area contributed by atoms with Crippen molar-refractivity contribution in [3.8, 4) is 5.75 Å². The van der Waals surface area contributed by atoms with E-state index in [1.165, 1.54) is 16.7 Å². The number of amides is 2. The third-order valence-corrected chi connectivity index (χ3v) is 5.13. The number of nitrogens with one attached hydrogen (secondary N) is 1. The predicted molar refractivity (Wildman–Crippen MR) is 107 cm³/mol. The molecular weight excluding hydrogens is 388 g/mol. The van der Waals surface area contributed by atoms with E-state index < -0.39 is 5.97 Å². The van der Waals surface area contributed by atoms with Gasteiger partial charge < -0.3 is 15.2 Å². The lowest BCUT2D eigenvalue weighted by Gasteiger charge is -2.14. The zero-order valence-electron chi connectivity index (χ0n) is 14.8. The Kier molecular flexibility index (Phi) is 7.81. The van der Waals surface area contributed by atoms with Gasteiger partial charge in [0.1, 0.15) is 10.1 Å². The molecule has 0 aromatic heterocycles. The van der Waals surface area contributed by atoms with Gasteiger partial charge in [-0.1, -0.05) is 42.2 Å². The summed E-state index contributed by atoms with van der Waals surface area (Å²) in [5.41, 5.74) is 0.775. The summed E-state index contributed by atoms with van der Waals surface area (Å²) in [6.45, 7) is 0.468. The number of carbonyl (C=O) groups excluding carboxylic acids is 2. The number of thioether (sulfide) groups is 1. The van der Waals surface area contributed by atoms with Gasteiger partial charge in [-0.3, -0.25) is 19.3 Å². The van der Waals surface area contributed by atoms with Crippen LogP contribution in [0.2, 0.25) is 0 Å². The normalized spacial score (nSPS) is 15.3. The van der Waals surface area contributed by atoms with Crippen LogP contribution < -0.4 is 10.1 Å². The number of hydrogen-bond acceptors (Lipinski definition) is 6. The standard InChI is InChI=1S/C18H20N2O5S2/c1-25-13-6-3-2-5-12(13)11-14-17(24)20(18(26)27-14)10-8-15(21)19-9-4-7-16(22)23/h2-3,5-6,11H,4,7-10H2,1H3,(H,19,21)(H,22,23)/b14-11-. The van der Waals surface area contributed by atoms with Crippen LogP contribution in [0.1, 0.15) is 24.8 Å². The lowest BCUT2D eigenvalue weighted by molar-refractivity contribution is -0.137. The Hall–Kier alpha value is -2.39. The summed E-state index contributed by atoms with van der Waals surface area (Å²) in [5, 5.41) is 11.2. The van der Waals surface area contributed by atoms with Gasteiger partial charge in [0.2, 0.25) is 5.91 Å². The molecular formula is C18H20N2O5S2. The molecule has 0 saturated carbocycles. The molecule has 1 saturated heterocycles. The molecule has 27 heavy (non-hydrogen) atoms. The topological polar surface area (TPSA) is 95.9 Å². The molecule has 0 bridgehead atoms. The van der Waals surface area contributed by atoms with Crippen LogP contribution in [-0.2, 0) is 14.4 Å². The molecule has 0 atom stereocenters. The Morgan fingerprint density at radius 2 is 2.07 bits per heavy atom. The highest BCUT2D eigenvalue weighted by molar-refractivity contribution is 8.26. The van der Waals surface area contributed by atoms with E-state index in [9.17, 15) is 14.4 Å². The van der Waals surface area contributed by atoms with E-state index in [0.717, 1.165) is 5.56 Å². The Morgan fingerprint density at radius 3 is 2.78 bits per heavy atom. The predicted octanol–water partition coefficient (Wildman–Crippen LogP) is 2.27. The molecule has 0 radical (unpaired) electrons. The van der Waals surface area contributed by atoms with Crippen LogP contribution in [0.5, 0.6) is 5.75 Å². The fourth-order valence-electron chi connectivity index (χ4n) is 2.39. The van der Waals surface area contributed by atoms with Gasteiger partial charge >= 0.3 is 5.97 Å². The maximum atomic E-state index is 12.6. The van der Waals surface area contributed by atoms with Crippen molar-refractivity contribution >= 4 is 52.2 Å². The van der Waals surface area contributed by atoms with E-state index in [-0.39, 0.29) is 37.7 Å². The lowest BCUT2D eigenvalue weighted by atomic mass is 10.2. The number of carboxylic acid groups (broad SMARTS) is 1. The second-order valence-corrected chi connectivity index (χ2v) is 7.35. The van der Waals surface area contributed by atoms with Gasteiger partial charge in [0.05, 0.1) is 12.0 Å². The molecule has 2 rings (SSSR count). The third kappa shape index (κ3) is 6.07. The Morgan fingerprint density at radius 1 is 1.33 bits per heavy atom. The van der Waals surface area contributed by atoms with Crippen molar-refractivity contribution in [1.82, 2.24) is 10.2 Å². The molecule has 0 aliphatic carbocycles.